The highest BCUT2D eigenvalue weighted by Crippen LogP contribution is 2.27. The third kappa shape index (κ3) is 4.69. The average Bonchev–Trinajstić information content (AvgIpc) is 2.24. The lowest BCUT2D eigenvalue weighted by atomic mass is 10.1. The van der Waals surface area contributed by atoms with Gasteiger partial charge in [0.1, 0.15) is 5.75 Å². The Balaban J connectivity index is 2.56. The van der Waals surface area contributed by atoms with Crippen molar-refractivity contribution in [2.45, 2.75) is 27.7 Å². The first-order valence-electron chi connectivity index (χ1n) is 6.06. The number of nitrogens with one attached hydrogen (secondary N) is 1. The van der Waals surface area contributed by atoms with E-state index in [0.717, 1.165) is 21.3 Å². The van der Waals surface area contributed by atoms with E-state index in [1.807, 2.05) is 26.0 Å². The predicted molar refractivity (Wildman–Crippen MR) is 77.0 cm³/mol. The minimum absolute atomic E-state index is 0.0655. The zero-order valence-electron chi connectivity index (χ0n) is 11.3. The summed E-state index contributed by atoms with van der Waals surface area (Å²) in [5, 5.41) is 2.83. The van der Waals surface area contributed by atoms with Crippen LogP contribution in [0.5, 0.6) is 5.75 Å². The van der Waals surface area contributed by atoms with E-state index in [0.29, 0.717) is 12.5 Å². The summed E-state index contributed by atoms with van der Waals surface area (Å²) in [4.78, 5) is 11.6. The smallest absolute Gasteiger partial charge is 0.257 e. The standard InChI is InChI=1S/C14H20BrNO2/c1-9(2)7-16-13(17)8-18-14-10(3)5-12(15)6-11(14)4/h5-6,9H,7-8H2,1-4H3,(H,16,17). The fraction of sp³-hybridized carbons (Fsp3) is 0.500. The van der Waals surface area contributed by atoms with Gasteiger partial charge >= 0.3 is 0 Å². The van der Waals surface area contributed by atoms with E-state index in [-0.39, 0.29) is 12.5 Å². The molecule has 0 bridgehead atoms. The topological polar surface area (TPSA) is 38.3 Å². The monoisotopic (exact) mass is 313 g/mol. The van der Waals surface area contributed by atoms with Gasteiger partial charge in [0, 0.05) is 11.0 Å². The lowest BCUT2D eigenvalue weighted by molar-refractivity contribution is -0.123. The Labute approximate surface area is 117 Å². The third-order valence-electron chi connectivity index (χ3n) is 2.48. The van der Waals surface area contributed by atoms with Gasteiger partial charge in [0.25, 0.3) is 5.91 Å². The van der Waals surface area contributed by atoms with Crippen LogP contribution in [0.1, 0.15) is 25.0 Å². The summed E-state index contributed by atoms with van der Waals surface area (Å²) in [5.74, 6) is 1.16. The Morgan fingerprint density at radius 3 is 2.39 bits per heavy atom. The lowest BCUT2D eigenvalue weighted by Gasteiger charge is -2.13. The van der Waals surface area contributed by atoms with E-state index < -0.39 is 0 Å². The molecule has 0 unspecified atom stereocenters. The molecule has 0 aliphatic carbocycles. The number of rotatable bonds is 5. The van der Waals surface area contributed by atoms with E-state index in [9.17, 15) is 4.79 Å². The van der Waals surface area contributed by atoms with Crippen LogP contribution < -0.4 is 10.1 Å². The van der Waals surface area contributed by atoms with Crippen LogP contribution in [-0.2, 0) is 4.79 Å². The van der Waals surface area contributed by atoms with E-state index >= 15 is 0 Å². The van der Waals surface area contributed by atoms with Crippen molar-refractivity contribution in [2.75, 3.05) is 13.2 Å². The van der Waals surface area contributed by atoms with Gasteiger partial charge in [-0.1, -0.05) is 29.8 Å². The first-order valence-corrected chi connectivity index (χ1v) is 6.85. The van der Waals surface area contributed by atoms with Gasteiger partial charge in [-0.05, 0) is 43.0 Å². The fourth-order valence-corrected chi connectivity index (χ4v) is 2.32. The van der Waals surface area contributed by atoms with Gasteiger partial charge in [0.2, 0.25) is 0 Å². The number of benzene rings is 1. The minimum atomic E-state index is -0.0783. The van der Waals surface area contributed by atoms with E-state index in [1.165, 1.54) is 0 Å². The maximum Gasteiger partial charge on any atom is 0.257 e. The summed E-state index contributed by atoms with van der Waals surface area (Å²) >= 11 is 3.43. The molecule has 0 radical (unpaired) electrons. The summed E-state index contributed by atoms with van der Waals surface area (Å²) in [6, 6.07) is 3.96. The molecule has 1 aromatic rings. The highest BCUT2D eigenvalue weighted by atomic mass is 79.9. The molecule has 1 amide bonds. The lowest BCUT2D eigenvalue weighted by Crippen LogP contribution is -2.31. The van der Waals surface area contributed by atoms with E-state index in [2.05, 4.69) is 35.1 Å². The van der Waals surface area contributed by atoms with Crippen LogP contribution in [0.15, 0.2) is 16.6 Å². The second-order valence-corrected chi connectivity index (χ2v) is 5.77. The summed E-state index contributed by atoms with van der Waals surface area (Å²) < 4.78 is 6.61. The maximum absolute atomic E-state index is 11.6. The van der Waals surface area contributed by atoms with Crippen molar-refractivity contribution >= 4 is 21.8 Å². The number of hydrogen-bond donors (Lipinski definition) is 1. The van der Waals surface area contributed by atoms with Crippen molar-refractivity contribution in [1.29, 1.82) is 0 Å². The molecule has 0 saturated heterocycles. The first kappa shape index (κ1) is 15.0. The Morgan fingerprint density at radius 1 is 1.33 bits per heavy atom. The molecular formula is C14H20BrNO2. The highest BCUT2D eigenvalue weighted by Gasteiger charge is 2.08. The molecule has 0 aliphatic heterocycles. The molecule has 3 nitrogen and oxygen atoms in total. The molecule has 4 heteroatoms. The van der Waals surface area contributed by atoms with Crippen LogP contribution in [0.4, 0.5) is 0 Å². The molecule has 1 aromatic carbocycles. The van der Waals surface area contributed by atoms with Crippen LogP contribution in [-0.4, -0.2) is 19.1 Å². The van der Waals surface area contributed by atoms with Crippen molar-refractivity contribution in [3.05, 3.63) is 27.7 Å². The van der Waals surface area contributed by atoms with Crippen molar-refractivity contribution < 1.29 is 9.53 Å². The van der Waals surface area contributed by atoms with Crippen LogP contribution in [0.25, 0.3) is 0 Å². The molecule has 0 aliphatic rings. The van der Waals surface area contributed by atoms with E-state index in [4.69, 9.17) is 4.74 Å². The van der Waals surface area contributed by atoms with Crippen LogP contribution in [0, 0.1) is 19.8 Å². The summed E-state index contributed by atoms with van der Waals surface area (Å²) in [6.45, 7) is 8.81. The number of carbonyl (C=O) groups is 1. The third-order valence-corrected chi connectivity index (χ3v) is 2.94. The Morgan fingerprint density at radius 2 is 1.89 bits per heavy atom. The molecule has 0 saturated carbocycles. The summed E-state index contributed by atoms with van der Waals surface area (Å²) in [5.41, 5.74) is 2.05. The second-order valence-electron chi connectivity index (χ2n) is 4.86. The van der Waals surface area contributed by atoms with Crippen molar-refractivity contribution in [2.24, 2.45) is 5.92 Å². The number of aryl methyl sites for hydroxylation is 2. The van der Waals surface area contributed by atoms with Crippen molar-refractivity contribution in [3.8, 4) is 5.75 Å². The Kier molecular flexibility index (Phi) is 5.66. The quantitative estimate of drug-likeness (QED) is 0.906. The number of carbonyl (C=O) groups excluding carboxylic acids is 1. The summed E-state index contributed by atoms with van der Waals surface area (Å²) in [6.07, 6.45) is 0. The largest absolute Gasteiger partial charge is 0.483 e. The fourth-order valence-electron chi connectivity index (χ4n) is 1.63. The molecule has 18 heavy (non-hydrogen) atoms. The summed E-state index contributed by atoms with van der Waals surface area (Å²) in [7, 11) is 0. The minimum Gasteiger partial charge on any atom is -0.483 e. The number of halogens is 1. The molecule has 0 atom stereocenters. The molecule has 1 rings (SSSR count). The SMILES string of the molecule is Cc1cc(Br)cc(C)c1OCC(=O)NCC(C)C. The molecule has 100 valence electrons. The molecule has 0 spiro atoms. The van der Waals surface area contributed by atoms with Crippen LogP contribution in [0.3, 0.4) is 0 Å². The van der Waals surface area contributed by atoms with Gasteiger partial charge < -0.3 is 10.1 Å². The van der Waals surface area contributed by atoms with Crippen LogP contribution in [0.2, 0.25) is 0 Å². The molecule has 0 aromatic heterocycles. The average molecular weight is 314 g/mol. The van der Waals surface area contributed by atoms with Gasteiger partial charge in [0.15, 0.2) is 6.61 Å². The Bertz CT molecular complexity index is 407. The molecule has 1 N–H and O–H groups in total. The van der Waals surface area contributed by atoms with Gasteiger partial charge in [-0.25, -0.2) is 0 Å². The maximum atomic E-state index is 11.6. The zero-order chi connectivity index (χ0) is 13.7. The molecule has 0 heterocycles. The number of ether oxygens (including phenoxy) is 1. The number of hydrogen-bond acceptors (Lipinski definition) is 2. The highest BCUT2D eigenvalue weighted by molar-refractivity contribution is 9.10. The van der Waals surface area contributed by atoms with Crippen molar-refractivity contribution in [3.63, 3.8) is 0 Å². The first-order chi connectivity index (χ1) is 8.40. The van der Waals surface area contributed by atoms with Crippen molar-refractivity contribution in [1.82, 2.24) is 5.32 Å². The second kappa shape index (κ2) is 6.78. The van der Waals surface area contributed by atoms with Crippen LogP contribution >= 0.6 is 15.9 Å². The zero-order valence-corrected chi connectivity index (χ0v) is 12.9. The van der Waals surface area contributed by atoms with Gasteiger partial charge in [-0.15, -0.1) is 0 Å². The van der Waals surface area contributed by atoms with Gasteiger partial charge in [-0.3, -0.25) is 4.79 Å². The van der Waals surface area contributed by atoms with Gasteiger partial charge in [0.05, 0.1) is 0 Å². The normalized spacial score (nSPS) is 10.6. The number of amides is 1. The predicted octanol–water partition coefficient (Wildman–Crippen LogP) is 3.22. The Hall–Kier alpha value is -1.03. The van der Waals surface area contributed by atoms with Gasteiger partial charge in [-0.2, -0.15) is 0 Å². The molecule has 0 fully saturated rings. The molecular weight excluding hydrogens is 294 g/mol. The van der Waals surface area contributed by atoms with E-state index in [1.54, 1.807) is 0 Å².